The van der Waals surface area contributed by atoms with Crippen molar-refractivity contribution in [3.8, 4) is 0 Å². The molecule has 0 saturated carbocycles. The van der Waals surface area contributed by atoms with Gasteiger partial charge in [-0.3, -0.25) is 0 Å². The number of hydrogen-bond acceptors (Lipinski definition) is 7. The number of rotatable bonds is 6. The van der Waals surface area contributed by atoms with Crippen LogP contribution in [0.2, 0.25) is 0 Å². The van der Waals surface area contributed by atoms with E-state index in [1.54, 1.807) is 13.8 Å². The number of aromatic nitrogens is 2. The molecule has 0 unspecified atom stereocenters. The van der Waals surface area contributed by atoms with Crippen molar-refractivity contribution in [3.05, 3.63) is 0 Å². The largest absolute Gasteiger partial charge is 0.396 e. The second kappa shape index (κ2) is 5.71. The van der Waals surface area contributed by atoms with Crippen LogP contribution in [0.3, 0.4) is 0 Å². The average molecular weight is 280 g/mol. The van der Waals surface area contributed by atoms with Crippen LogP contribution < -0.4 is 5.73 Å². The minimum Gasteiger partial charge on any atom is -0.396 e. The van der Waals surface area contributed by atoms with Crippen LogP contribution in [0.4, 0.5) is 5.13 Å². The van der Waals surface area contributed by atoms with Gasteiger partial charge in [0.15, 0.2) is 0 Å². The molecule has 98 valence electrons. The van der Waals surface area contributed by atoms with Gasteiger partial charge in [0.25, 0.3) is 10.0 Å². The van der Waals surface area contributed by atoms with E-state index < -0.39 is 10.0 Å². The lowest BCUT2D eigenvalue weighted by Gasteiger charge is -2.23. The number of anilines is 1. The summed E-state index contributed by atoms with van der Waals surface area (Å²) in [6.45, 7) is 3.71. The molecule has 0 fully saturated rings. The van der Waals surface area contributed by atoms with E-state index in [1.165, 1.54) is 4.31 Å². The second-order valence-corrected chi connectivity index (χ2v) is 6.77. The van der Waals surface area contributed by atoms with E-state index in [2.05, 4.69) is 10.2 Å². The molecule has 0 aliphatic heterocycles. The minimum atomic E-state index is -3.66. The Morgan fingerprint density at radius 2 is 2.12 bits per heavy atom. The van der Waals surface area contributed by atoms with Gasteiger partial charge in [0, 0.05) is 19.2 Å². The van der Waals surface area contributed by atoms with Crippen molar-refractivity contribution in [1.29, 1.82) is 0 Å². The highest BCUT2D eigenvalue weighted by Gasteiger charge is 2.29. The predicted octanol–water partition coefficient (Wildman–Crippen LogP) is -0.0982. The van der Waals surface area contributed by atoms with Crippen molar-refractivity contribution in [3.63, 3.8) is 0 Å². The zero-order valence-electron chi connectivity index (χ0n) is 9.70. The van der Waals surface area contributed by atoms with Gasteiger partial charge >= 0.3 is 0 Å². The first-order valence-corrected chi connectivity index (χ1v) is 7.37. The first-order chi connectivity index (χ1) is 7.89. The number of aliphatic hydroxyl groups is 1. The molecule has 1 rings (SSSR count). The molecule has 9 heteroatoms. The van der Waals surface area contributed by atoms with Crippen molar-refractivity contribution in [2.75, 3.05) is 18.9 Å². The van der Waals surface area contributed by atoms with Crippen molar-refractivity contribution in [2.45, 2.75) is 30.6 Å². The molecule has 17 heavy (non-hydrogen) atoms. The van der Waals surface area contributed by atoms with Crippen LogP contribution in [-0.2, 0) is 10.0 Å². The van der Waals surface area contributed by atoms with Crippen LogP contribution >= 0.6 is 11.3 Å². The van der Waals surface area contributed by atoms with Gasteiger partial charge in [-0.2, -0.15) is 4.31 Å². The maximum atomic E-state index is 12.2. The van der Waals surface area contributed by atoms with Crippen molar-refractivity contribution < 1.29 is 13.5 Å². The molecule has 0 aliphatic carbocycles. The molecule has 0 saturated heterocycles. The third-order valence-electron chi connectivity index (χ3n) is 2.06. The van der Waals surface area contributed by atoms with Gasteiger partial charge in [-0.1, -0.05) is 11.3 Å². The molecule has 0 atom stereocenters. The van der Waals surface area contributed by atoms with Gasteiger partial charge in [0.05, 0.1) is 0 Å². The van der Waals surface area contributed by atoms with Gasteiger partial charge in [0.1, 0.15) is 0 Å². The molecule has 1 heterocycles. The topological polar surface area (TPSA) is 109 Å². The highest BCUT2D eigenvalue weighted by molar-refractivity contribution is 7.91. The van der Waals surface area contributed by atoms with E-state index in [0.29, 0.717) is 6.42 Å². The SMILES string of the molecule is CC(C)N(CCCO)S(=O)(=O)c1nnc(N)s1. The van der Waals surface area contributed by atoms with Crippen molar-refractivity contribution in [2.24, 2.45) is 0 Å². The second-order valence-electron chi connectivity index (χ2n) is 3.69. The van der Waals surface area contributed by atoms with Crippen molar-refractivity contribution in [1.82, 2.24) is 14.5 Å². The molecule has 7 nitrogen and oxygen atoms in total. The summed E-state index contributed by atoms with van der Waals surface area (Å²) >= 11 is 0.837. The smallest absolute Gasteiger partial charge is 0.272 e. The Labute approximate surface area is 104 Å². The van der Waals surface area contributed by atoms with E-state index in [1.807, 2.05) is 0 Å². The molecule has 0 radical (unpaired) electrons. The first-order valence-electron chi connectivity index (χ1n) is 5.11. The highest BCUT2D eigenvalue weighted by atomic mass is 32.2. The molecule has 1 aromatic rings. The van der Waals surface area contributed by atoms with Crippen LogP contribution in [0, 0.1) is 0 Å². The van der Waals surface area contributed by atoms with Gasteiger partial charge in [-0.15, -0.1) is 10.2 Å². The zero-order valence-corrected chi connectivity index (χ0v) is 11.3. The number of nitrogens with zero attached hydrogens (tertiary/aromatic N) is 3. The summed E-state index contributed by atoms with van der Waals surface area (Å²) in [7, 11) is -3.66. The maximum absolute atomic E-state index is 12.2. The van der Waals surface area contributed by atoms with Gasteiger partial charge < -0.3 is 10.8 Å². The number of aliphatic hydroxyl groups excluding tert-OH is 1. The first kappa shape index (κ1) is 14.3. The summed E-state index contributed by atoms with van der Waals surface area (Å²) in [4.78, 5) is 0. The summed E-state index contributed by atoms with van der Waals surface area (Å²) in [5, 5.41) is 15.9. The molecular weight excluding hydrogens is 264 g/mol. The van der Waals surface area contributed by atoms with Crippen molar-refractivity contribution >= 4 is 26.5 Å². The Kier molecular flexibility index (Phi) is 4.80. The number of sulfonamides is 1. The van der Waals surface area contributed by atoms with E-state index in [4.69, 9.17) is 10.8 Å². The predicted molar refractivity (Wildman–Crippen MR) is 65.1 cm³/mol. The molecule has 0 aromatic carbocycles. The number of nitrogens with two attached hydrogens (primary N) is 1. The Hall–Kier alpha value is -0.770. The molecule has 3 N–H and O–H groups in total. The van der Waals surface area contributed by atoms with Gasteiger partial charge in [0.2, 0.25) is 9.47 Å². The summed E-state index contributed by atoms with van der Waals surface area (Å²) in [5.74, 6) is 0. The zero-order chi connectivity index (χ0) is 13.1. The van der Waals surface area contributed by atoms with E-state index in [0.717, 1.165) is 11.3 Å². The summed E-state index contributed by atoms with van der Waals surface area (Å²) < 4.78 is 25.6. The van der Waals surface area contributed by atoms with Crippen LogP contribution in [0.25, 0.3) is 0 Å². The van der Waals surface area contributed by atoms with Crippen LogP contribution in [0.5, 0.6) is 0 Å². The maximum Gasteiger partial charge on any atom is 0.272 e. The molecule has 0 amide bonds. The number of hydrogen-bond donors (Lipinski definition) is 2. The lowest BCUT2D eigenvalue weighted by Crippen LogP contribution is -2.38. The number of nitrogen functional groups attached to an aromatic ring is 1. The summed E-state index contributed by atoms with van der Waals surface area (Å²) in [6.07, 6.45) is 0.381. The fourth-order valence-electron chi connectivity index (χ4n) is 1.31. The Bertz CT molecular complexity index is 457. The lowest BCUT2D eigenvalue weighted by molar-refractivity contribution is 0.258. The van der Waals surface area contributed by atoms with Crippen LogP contribution in [-0.4, -0.2) is 47.2 Å². The quantitative estimate of drug-likeness (QED) is 0.753. The van der Waals surface area contributed by atoms with E-state index in [9.17, 15) is 8.42 Å². The van der Waals surface area contributed by atoms with Crippen LogP contribution in [0.15, 0.2) is 4.34 Å². The molecule has 0 aliphatic rings. The van der Waals surface area contributed by atoms with Crippen LogP contribution in [0.1, 0.15) is 20.3 Å². The normalized spacial score (nSPS) is 12.5. The fourth-order valence-corrected chi connectivity index (χ4v) is 3.88. The summed E-state index contributed by atoms with van der Waals surface area (Å²) in [6, 6.07) is -0.211. The Morgan fingerprint density at radius 1 is 1.47 bits per heavy atom. The molecule has 0 bridgehead atoms. The Balaban J connectivity index is 3.00. The summed E-state index contributed by atoms with van der Waals surface area (Å²) in [5.41, 5.74) is 5.37. The lowest BCUT2D eigenvalue weighted by atomic mass is 10.3. The third-order valence-corrected chi connectivity index (χ3v) is 5.24. The minimum absolute atomic E-state index is 0.0585. The fraction of sp³-hybridized carbons (Fsp3) is 0.750. The highest BCUT2D eigenvalue weighted by Crippen LogP contribution is 2.22. The standard InChI is InChI=1S/C8H16N4O3S2/c1-6(2)12(4-3-5-13)17(14,15)8-11-10-7(9)16-8/h6,13H,3-5H2,1-2H3,(H2,9,10). The van der Waals surface area contributed by atoms with Gasteiger partial charge in [-0.25, -0.2) is 8.42 Å². The molecule has 0 spiro atoms. The van der Waals surface area contributed by atoms with E-state index in [-0.39, 0.29) is 28.7 Å². The monoisotopic (exact) mass is 280 g/mol. The molecular formula is C8H16N4O3S2. The van der Waals surface area contributed by atoms with Gasteiger partial charge in [-0.05, 0) is 20.3 Å². The third kappa shape index (κ3) is 3.35. The average Bonchev–Trinajstić information content (AvgIpc) is 2.65. The van der Waals surface area contributed by atoms with E-state index >= 15 is 0 Å². The Morgan fingerprint density at radius 3 is 2.53 bits per heavy atom. The molecule has 1 aromatic heterocycles.